The Balaban J connectivity index is 1.87. The van der Waals surface area contributed by atoms with Crippen molar-refractivity contribution in [3.05, 3.63) is 101 Å². The molecule has 0 radical (unpaired) electrons. The average molecular weight is 404 g/mol. The molecule has 0 bridgehead atoms. The summed E-state index contributed by atoms with van der Waals surface area (Å²) in [5.74, 6) is 0.528. The van der Waals surface area contributed by atoms with Gasteiger partial charge in [-0.05, 0) is 65.8 Å². The molecule has 0 aliphatic rings. The van der Waals surface area contributed by atoms with Gasteiger partial charge in [-0.1, -0.05) is 85.9 Å². The molecule has 0 saturated carbocycles. The molecule has 0 amide bonds. The van der Waals surface area contributed by atoms with E-state index in [0.717, 1.165) is 16.3 Å². The van der Waals surface area contributed by atoms with E-state index >= 15 is 0 Å². The highest BCUT2D eigenvalue weighted by atomic mass is 32.2. The predicted octanol–water partition coefficient (Wildman–Crippen LogP) is 8.33. The van der Waals surface area contributed by atoms with Crippen LogP contribution in [0, 0.1) is 0 Å². The molecular weight excluding hydrogens is 378 g/mol. The number of hydrogen-bond acceptors (Lipinski definition) is 3. The lowest BCUT2D eigenvalue weighted by Gasteiger charge is -2.09. The summed E-state index contributed by atoms with van der Waals surface area (Å²) in [5, 5.41) is 3.21. The van der Waals surface area contributed by atoms with Crippen molar-refractivity contribution in [2.75, 3.05) is 0 Å². The van der Waals surface area contributed by atoms with E-state index in [9.17, 15) is 0 Å². The van der Waals surface area contributed by atoms with E-state index in [0.29, 0.717) is 5.92 Å². The molecule has 0 aliphatic carbocycles. The van der Waals surface area contributed by atoms with Crippen molar-refractivity contribution in [3.63, 3.8) is 0 Å². The van der Waals surface area contributed by atoms with E-state index in [4.69, 9.17) is 4.99 Å². The van der Waals surface area contributed by atoms with Gasteiger partial charge in [-0.3, -0.25) is 0 Å². The first-order valence-electron chi connectivity index (χ1n) is 9.42. The fourth-order valence-corrected chi connectivity index (χ4v) is 4.25. The smallest absolute Gasteiger partial charge is 0.105 e. The molecular formula is C25H25NS2. The highest BCUT2D eigenvalue weighted by molar-refractivity contribution is 8.14. The van der Waals surface area contributed by atoms with Crippen LogP contribution in [0.5, 0.6) is 0 Å². The van der Waals surface area contributed by atoms with E-state index in [1.54, 1.807) is 23.5 Å². The van der Waals surface area contributed by atoms with Crippen molar-refractivity contribution in [1.82, 2.24) is 0 Å². The van der Waals surface area contributed by atoms with Crippen LogP contribution in [0.2, 0.25) is 0 Å². The normalized spacial score (nSPS) is 12.4. The fourth-order valence-electron chi connectivity index (χ4n) is 2.55. The monoisotopic (exact) mass is 403 g/mol. The molecule has 3 aromatic carbocycles. The summed E-state index contributed by atoms with van der Waals surface area (Å²) in [7, 11) is 0. The molecule has 3 heteroatoms. The summed E-state index contributed by atoms with van der Waals surface area (Å²) in [6.45, 7) is 6.55. The summed E-state index contributed by atoms with van der Waals surface area (Å²) in [4.78, 5) is 7.39. The Hall–Kier alpha value is -2.23. The summed E-state index contributed by atoms with van der Waals surface area (Å²) < 4.78 is 0. The summed E-state index contributed by atoms with van der Waals surface area (Å²) in [6.07, 6.45) is 0. The average Bonchev–Trinajstić information content (AvgIpc) is 2.73. The number of hydrogen-bond donors (Lipinski definition) is 0. The van der Waals surface area contributed by atoms with Gasteiger partial charge in [0.15, 0.2) is 0 Å². The van der Waals surface area contributed by atoms with Gasteiger partial charge in [-0.2, -0.15) is 0 Å². The minimum atomic E-state index is 0.528. The van der Waals surface area contributed by atoms with Gasteiger partial charge in [0.1, 0.15) is 5.04 Å². The fraction of sp³-hybridized carbons (Fsp3) is 0.160. The van der Waals surface area contributed by atoms with Crippen LogP contribution in [0.4, 0.5) is 5.69 Å². The maximum absolute atomic E-state index is 4.96. The van der Waals surface area contributed by atoms with Crippen LogP contribution in [0.1, 0.15) is 32.3 Å². The zero-order valence-corrected chi connectivity index (χ0v) is 18.1. The van der Waals surface area contributed by atoms with E-state index in [1.807, 2.05) is 12.1 Å². The molecule has 0 aliphatic heterocycles. The molecule has 28 heavy (non-hydrogen) atoms. The predicted molar refractivity (Wildman–Crippen MR) is 126 cm³/mol. The molecule has 3 rings (SSSR count). The van der Waals surface area contributed by atoms with Gasteiger partial charge in [0, 0.05) is 9.79 Å². The molecule has 0 heterocycles. The van der Waals surface area contributed by atoms with Crippen LogP contribution >= 0.6 is 23.5 Å². The molecule has 0 fully saturated rings. The number of nitrogens with zero attached hydrogens (tertiary/aromatic N) is 1. The van der Waals surface area contributed by atoms with Crippen LogP contribution in [0.3, 0.4) is 0 Å². The SMILES string of the molecule is C/C(=C\Sc1ccccc1)C(=Nc1ccc(C(C)C)cc1)Sc1ccccc1. The Morgan fingerprint density at radius 2 is 1.36 bits per heavy atom. The molecule has 0 aromatic heterocycles. The lowest BCUT2D eigenvalue weighted by molar-refractivity contribution is 0.867. The van der Waals surface area contributed by atoms with Gasteiger partial charge in [0.2, 0.25) is 0 Å². The quantitative estimate of drug-likeness (QED) is 0.233. The zero-order chi connectivity index (χ0) is 19.8. The summed E-state index contributed by atoms with van der Waals surface area (Å²) in [5.41, 5.74) is 3.49. The van der Waals surface area contributed by atoms with E-state index < -0.39 is 0 Å². The number of aliphatic imine (C=N–C) groups is 1. The Kier molecular flexibility index (Phi) is 7.58. The van der Waals surface area contributed by atoms with E-state index in [-0.39, 0.29) is 0 Å². The summed E-state index contributed by atoms with van der Waals surface area (Å²) >= 11 is 3.43. The highest BCUT2D eigenvalue weighted by Crippen LogP contribution is 2.29. The van der Waals surface area contributed by atoms with Crippen LogP contribution in [0.15, 0.2) is 111 Å². The third-order valence-electron chi connectivity index (χ3n) is 4.20. The second-order valence-corrected chi connectivity index (χ2v) is 8.82. The standard InChI is InChI=1S/C25H25NS2/c1-19(2)21-14-16-22(17-15-21)26-25(28-24-12-8-5-9-13-24)20(3)18-27-23-10-6-4-7-11-23/h4-19H,1-3H3/b20-18+,26-25?. The van der Waals surface area contributed by atoms with Crippen LogP contribution in [0.25, 0.3) is 0 Å². The zero-order valence-electron chi connectivity index (χ0n) is 16.5. The maximum atomic E-state index is 4.96. The highest BCUT2D eigenvalue weighted by Gasteiger charge is 2.07. The van der Waals surface area contributed by atoms with Crippen LogP contribution in [-0.4, -0.2) is 5.04 Å². The van der Waals surface area contributed by atoms with Gasteiger partial charge in [0.05, 0.1) is 5.69 Å². The second kappa shape index (κ2) is 10.4. The molecule has 1 nitrogen and oxygen atoms in total. The molecule has 0 spiro atoms. The minimum absolute atomic E-state index is 0.528. The van der Waals surface area contributed by atoms with Gasteiger partial charge < -0.3 is 0 Å². The van der Waals surface area contributed by atoms with Crippen molar-refractivity contribution >= 4 is 34.3 Å². The van der Waals surface area contributed by atoms with Crippen molar-refractivity contribution in [2.45, 2.75) is 36.5 Å². The van der Waals surface area contributed by atoms with Gasteiger partial charge in [-0.15, -0.1) is 0 Å². The number of thioether (sulfide) groups is 2. The van der Waals surface area contributed by atoms with Crippen molar-refractivity contribution in [2.24, 2.45) is 4.99 Å². The first-order valence-corrected chi connectivity index (χ1v) is 11.1. The maximum Gasteiger partial charge on any atom is 0.105 e. The minimum Gasteiger partial charge on any atom is -0.241 e. The Morgan fingerprint density at radius 1 is 0.786 bits per heavy atom. The lowest BCUT2D eigenvalue weighted by atomic mass is 10.0. The van der Waals surface area contributed by atoms with E-state index in [1.165, 1.54) is 15.4 Å². The van der Waals surface area contributed by atoms with Gasteiger partial charge >= 0.3 is 0 Å². The third kappa shape index (κ3) is 6.15. The Labute approximate surface area is 177 Å². The third-order valence-corrected chi connectivity index (χ3v) is 6.33. The Bertz CT molecular complexity index is 927. The van der Waals surface area contributed by atoms with Gasteiger partial charge in [0.25, 0.3) is 0 Å². The van der Waals surface area contributed by atoms with Crippen molar-refractivity contribution < 1.29 is 0 Å². The first kappa shape index (κ1) is 20.5. The second-order valence-electron chi connectivity index (χ2n) is 6.81. The number of rotatable bonds is 6. The molecule has 0 unspecified atom stereocenters. The Morgan fingerprint density at radius 3 is 1.93 bits per heavy atom. The largest absolute Gasteiger partial charge is 0.241 e. The van der Waals surface area contributed by atoms with E-state index in [2.05, 4.69) is 99.0 Å². The summed E-state index contributed by atoms with van der Waals surface area (Å²) in [6, 6.07) is 29.4. The molecule has 0 N–H and O–H groups in total. The molecule has 3 aromatic rings. The molecule has 0 atom stereocenters. The van der Waals surface area contributed by atoms with Crippen LogP contribution in [-0.2, 0) is 0 Å². The van der Waals surface area contributed by atoms with Gasteiger partial charge in [-0.25, -0.2) is 4.99 Å². The first-order chi connectivity index (χ1) is 13.6. The molecule has 0 saturated heterocycles. The van der Waals surface area contributed by atoms with Crippen LogP contribution < -0.4 is 0 Å². The lowest BCUT2D eigenvalue weighted by Crippen LogP contribution is -1.94. The van der Waals surface area contributed by atoms with Crippen molar-refractivity contribution in [3.8, 4) is 0 Å². The number of benzene rings is 3. The molecule has 142 valence electrons. The van der Waals surface area contributed by atoms with Crippen molar-refractivity contribution in [1.29, 1.82) is 0 Å². The topological polar surface area (TPSA) is 12.4 Å².